The summed E-state index contributed by atoms with van der Waals surface area (Å²) in [5.74, 6) is 0.986. The molecule has 0 aliphatic carbocycles. The number of hydrogen-bond donors (Lipinski definition) is 0. The third kappa shape index (κ3) is 5.29. The van der Waals surface area contributed by atoms with Crippen molar-refractivity contribution in [2.45, 2.75) is 52.6 Å². The summed E-state index contributed by atoms with van der Waals surface area (Å²) < 4.78 is 5.54. The Morgan fingerprint density at radius 1 is 1.09 bits per heavy atom. The average molecular weight is 306 g/mol. The fourth-order valence-electron chi connectivity index (χ4n) is 2.61. The number of likely N-dealkylation sites (N-methyl/N-ethyl adjacent to an activating group) is 1. The molecule has 0 unspecified atom stereocenters. The smallest absolute Gasteiger partial charge is 0.123 e. The third-order valence-electron chi connectivity index (χ3n) is 4.52. The first-order chi connectivity index (χ1) is 10.3. The zero-order chi connectivity index (χ0) is 16.8. The molecule has 0 N–H and O–H groups in total. The molecular formula is C19H34N2O. The van der Waals surface area contributed by atoms with Gasteiger partial charge in [-0.05, 0) is 53.8 Å². The number of methoxy groups -OCH3 is 1. The molecule has 0 aliphatic heterocycles. The lowest BCUT2D eigenvalue weighted by Gasteiger charge is -2.36. The van der Waals surface area contributed by atoms with Crippen LogP contribution in [0.25, 0.3) is 0 Å². The Labute approximate surface area is 137 Å². The van der Waals surface area contributed by atoms with Crippen LogP contribution in [0.1, 0.15) is 52.6 Å². The summed E-state index contributed by atoms with van der Waals surface area (Å²) in [5.41, 5.74) is 1.49. The van der Waals surface area contributed by atoms with Crippen molar-refractivity contribution in [3.63, 3.8) is 0 Å². The first kappa shape index (κ1) is 19.0. The Kier molecular flexibility index (Phi) is 7.37. The van der Waals surface area contributed by atoms with E-state index in [2.05, 4.69) is 69.7 Å². The number of benzene rings is 1. The molecule has 0 saturated carbocycles. The first-order valence-corrected chi connectivity index (χ1v) is 8.39. The summed E-state index contributed by atoms with van der Waals surface area (Å²) in [6.45, 7) is 14.6. The molecular weight excluding hydrogens is 272 g/mol. The maximum atomic E-state index is 5.54. The van der Waals surface area contributed by atoms with Crippen molar-refractivity contribution in [3.05, 3.63) is 29.8 Å². The number of hydrogen-bond acceptors (Lipinski definition) is 3. The molecule has 1 atom stereocenters. The zero-order valence-corrected chi connectivity index (χ0v) is 15.5. The lowest BCUT2D eigenvalue weighted by molar-refractivity contribution is 0.127. The second kappa shape index (κ2) is 8.54. The Balaban J connectivity index is 2.81. The highest BCUT2D eigenvalue weighted by Crippen LogP contribution is 2.29. The van der Waals surface area contributed by atoms with E-state index in [1.165, 1.54) is 12.0 Å². The van der Waals surface area contributed by atoms with Crippen LogP contribution in [-0.2, 0) is 0 Å². The minimum Gasteiger partial charge on any atom is -0.496 e. The van der Waals surface area contributed by atoms with E-state index < -0.39 is 0 Å². The van der Waals surface area contributed by atoms with E-state index in [9.17, 15) is 0 Å². The maximum Gasteiger partial charge on any atom is 0.123 e. The summed E-state index contributed by atoms with van der Waals surface area (Å²) in [6, 6.07) is 8.73. The molecule has 0 fully saturated rings. The van der Waals surface area contributed by atoms with E-state index in [-0.39, 0.29) is 5.54 Å². The first-order valence-electron chi connectivity index (χ1n) is 8.39. The van der Waals surface area contributed by atoms with Gasteiger partial charge in [0.25, 0.3) is 0 Å². The van der Waals surface area contributed by atoms with Gasteiger partial charge in [-0.2, -0.15) is 0 Å². The van der Waals surface area contributed by atoms with Gasteiger partial charge in [-0.3, -0.25) is 4.90 Å². The van der Waals surface area contributed by atoms with Crippen LogP contribution in [-0.4, -0.2) is 49.1 Å². The Hall–Kier alpha value is -1.06. The predicted octanol–water partition coefficient (Wildman–Crippen LogP) is 4.20. The molecule has 0 bridgehead atoms. The molecule has 22 heavy (non-hydrogen) atoms. The fraction of sp³-hybridized carbons (Fsp3) is 0.684. The molecule has 1 aromatic rings. The molecule has 0 spiro atoms. The minimum atomic E-state index is 0.214. The average Bonchev–Trinajstić information content (AvgIpc) is 2.49. The Bertz CT molecular complexity index is 439. The number of nitrogens with zero attached hydrogens (tertiary/aromatic N) is 2. The minimum absolute atomic E-state index is 0.214. The van der Waals surface area contributed by atoms with Crippen molar-refractivity contribution in [1.29, 1.82) is 0 Å². The van der Waals surface area contributed by atoms with Gasteiger partial charge in [0, 0.05) is 30.2 Å². The van der Waals surface area contributed by atoms with E-state index in [1.807, 2.05) is 6.07 Å². The van der Waals surface area contributed by atoms with Crippen molar-refractivity contribution >= 4 is 0 Å². The van der Waals surface area contributed by atoms with Gasteiger partial charge >= 0.3 is 0 Å². The standard InChI is InChI=1S/C19H34N2O/c1-8-13-21(15-14-20(6)19(3,4)5)16(2)17-11-9-10-12-18(17)22-7/h9-12,16H,8,13-15H2,1-7H3/t16-/m0/s1. The van der Waals surface area contributed by atoms with E-state index in [1.54, 1.807) is 7.11 Å². The van der Waals surface area contributed by atoms with Crippen LogP contribution in [0.3, 0.4) is 0 Å². The van der Waals surface area contributed by atoms with Crippen LogP contribution in [0.15, 0.2) is 24.3 Å². The maximum absolute atomic E-state index is 5.54. The number of para-hydroxylation sites is 1. The molecule has 0 aromatic heterocycles. The van der Waals surface area contributed by atoms with Crippen molar-refractivity contribution in [2.24, 2.45) is 0 Å². The largest absolute Gasteiger partial charge is 0.496 e. The van der Waals surface area contributed by atoms with E-state index in [0.29, 0.717) is 6.04 Å². The van der Waals surface area contributed by atoms with E-state index in [0.717, 1.165) is 25.4 Å². The summed E-state index contributed by atoms with van der Waals surface area (Å²) >= 11 is 0. The van der Waals surface area contributed by atoms with Gasteiger partial charge in [0.15, 0.2) is 0 Å². The van der Waals surface area contributed by atoms with E-state index in [4.69, 9.17) is 4.74 Å². The second-order valence-corrected chi connectivity index (χ2v) is 7.05. The summed E-state index contributed by atoms with van der Waals surface area (Å²) in [5, 5.41) is 0. The normalized spacial score (nSPS) is 13.7. The zero-order valence-electron chi connectivity index (χ0n) is 15.5. The van der Waals surface area contributed by atoms with Gasteiger partial charge in [-0.25, -0.2) is 0 Å². The molecule has 1 rings (SSSR count). The summed E-state index contributed by atoms with van der Waals surface area (Å²) in [7, 11) is 3.96. The van der Waals surface area contributed by atoms with Gasteiger partial charge in [-0.1, -0.05) is 25.1 Å². The summed E-state index contributed by atoms with van der Waals surface area (Å²) in [6.07, 6.45) is 1.17. The van der Waals surface area contributed by atoms with Crippen LogP contribution in [0.5, 0.6) is 5.75 Å². The number of ether oxygens (including phenoxy) is 1. The monoisotopic (exact) mass is 306 g/mol. The van der Waals surface area contributed by atoms with Crippen LogP contribution in [0.2, 0.25) is 0 Å². The highest BCUT2D eigenvalue weighted by molar-refractivity contribution is 5.35. The van der Waals surface area contributed by atoms with Crippen LogP contribution in [0.4, 0.5) is 0 Å². The van der Waals surface area contributed by atoms with Gasteiger partial charge in [-0.15, -0.1) is 0 Å². The quantitative estimate of drug-likeness (QED) is 0.716. The molecule has 126 valence electrons. The summed E-state index contributed by atoms with van der Waals surface area (Å²) in [4.78, 5) is 4.98. The van der Waals surface area contributed by atoms with Gasteiger partial charge < -0.3 is 9.64 Å². The third-order valence-corrected chi connectivity index (χ3v) is 4.52. The van der Waals surface area contributed by atoms with E-state index >= 15 is 0 Å². The van der Waals surface area contributed by atoms with Crippen molar-refractivity contribution < 1.29 is 4.74 Å². The van der Waals surface area contributed by atoms with Crippen LogP contribution < -0.4 is 4.74 Å². The molecule has 0 radical (unpaired) electrons. The molecule has 0 heterocycles. The Morgan fingerprint density at radius 3 is 2.27 bits per heavy atom. The van der Waals surface area contributed by atoms with Crippen LogP contribution in [0, 0.1) is 0 Å². The van der Waals surface area contributed by atoms with Gasteiger partial charge in [0.2, 0.25) is 0 Å². The van der Waals surface area contributed by atoms with Crippen LogP contribution >= 0.6 is 0 Å². The fourth-order valence-corrected chi connectivity index (χ4v) is 2.61. The van der Waals surface area contributed by atoms with Gasteiger partial charge in [0.1, 0.15) is 5.75 Å². The Morgan fingerprint density at radius 2 is 1.73 bits per heavy atom. The number of rotatable bonds is 8. The highest BCUT2D eigenvalue weighted by atomic mass is 16.5. The highest BCUT2D eigenvalue weighted by Gasteiger charge is 2.21. The SMILES string of the molecule is CCCN(CCN(C)C(C)(C)C)[C@@H](C)c1ccccc1OC. The van der Waals surface area contributed by atoms with Crippen molar-refractivity contribution in [1.82, 2.24) is 9.80 Å². The predicted molar refractivity (Wildman–Crippen MR) is 95.7 cm³/mol. The molecule has 3 nitrogen and oxygen atoms in total. The lowest BCUT2D eigenvalue weighted by atomic mass is 10.0. The van der Waals surface area contributed by atoms with Crippen molar-refractivity contribution in [3.8, 4) is 5.75 Å². The molecule has 0 amide bonds. The molecule has 0 saturated heterocycles. The molecule has 1 aromatic carbocycles. The van der Waals surface area contributed by atoms with Gasteiger partial charge in [0.05, 0.1) is 7.11 Å². The second-order valence-electron chi connectivity index (χ2n) is 7.05. The molecule has 3 heteroatoms. The topological polar surface area (TPSA) is 15.7 Å². The molecule has 0 aliphatic rings. The van der Waals surface area contributed by atoms with Crippen molar-refractivity contribution in [2.75, 3.05) is 33.8 Å². The lowest BCUT2D eigenvalue weighted by Crippen LogP contribution is -2.43.